The van der Waals surface area contributed by atoms with E-state index in [9.17, 15) is 14.7 Å². The normalized spacial score (nSPS) is 14.8. The number of anilines is 1. The predicted octanol–water partition coefficient (Wildman–Crippen LogP) is 3.86. The lowest BCUT2D eigenvalue weighted by Crippen LogP contribution is -2.44. The van der Waals surface area contributed by atoms with Crippen molar-refractivity contribution in [3.63, 3.8) is 0 Å². The summed E-state index contributed by atoms with van der Waals surface area (Å²) in [7, 11) is 0. The van der Waals surface area contributed by atoms with Gasteiger partial charge in [0.1, 0.15) is 0 Å². The van der Waals surface area contributed by atoms with Gasteiger partial charge in [0.25, 0.3) is 11.8 Å². The number of aliphatic hydroxyl groups is 1. The van der Waals surface area contributed by atoms with Gasteiger partial charge in [-0.15, -0.1) is 11.8 Å². The maximum Gasteiger partial charge on any atom is 0.256 e. The van der Waals surface area contributed by atoms with Crippen molar-refractivity contribution >= 4 is 29.3 Å². The van der Waals surface area contributed by atoms with Crippen molar-refractivity contribution in [2.75, 3.05) is 24.7 Å². The van der Waals surface area contributed by atoms with E-state index in [1.165, 1.54) is 11.8 Å². The molecule has 0 radical (unpaired) electrons. The van der Waals surface area contributed by atoms with Crippen LogP contribution in [-0.4, -0.2) is 36.3 Å². The first-order chi connectivity index (χ1) is 13.5. The summed E-state index contributed by atoms with van der Waals surface area (Å²) in [6, 6.07) is 12.7. The third kappa shape index (κ3) is 4.39. The SMILES string of the molecule is CSc1ccccc1C(=O)Nc1cc(C(=O)NCC2(CO)CCC2)ccc1C. The second-order valence-electron chi connectivity index (χ2n) is 7.38. The summed E-state index contributed by atoms with van der Waals surface area (Å²) in [6.45, 7) is 2.46. The van der Waals surface area contributed by atoms with Crippen LogP contribution in [0.15, 0.2) is 47.4 Å². The molecule has 1 fully saturated rings. The van der Waals surface area contributed by atoms with Gasteiger partial charge in [0.05, 0.1) is 12.2 Å². The molecule has 0 atom stereocenters. The molecule has 2 amide bonds. The van der Waals surface area contributed by atoms with Gasteiger partial charge >= 0.3 is 0 Å². The average molecular weight is 399 g/mol. The van der Waals surface area contributed by atoms with Gasteiger partial charge in [0.2, 0.25) is 0 Å². The lowest BCUT2D eigenvalue weighted by atomic mass is 9.69. The van der Waals surface area contributed by atoms with Crippen LogP contribution in [0.4, 0.5) is 5.69 Å². The van der Waals surface area contributed by atoms with Crippen LogP contribution in [0.1, 0.15) is 45.5 Å². The van der Waals surface area contributed by atoms with Crippen molar-refractivity contribution in [1.82, 2.24) is 5.32 Å². The van der Waals surface area contributed by atoms with E-state index in [1.54, 1.807) is 18.2 Å². The van der Waals surface area contributed by atoms with Gasteiger partial charge in [-0.1, -0.05) is 24.6 Å². The van der Waals surface area contributed by atoms with E-state index >= 15 is 0 Å². The molecular weight excluding hydrogens is 372 g/mol. The van der Waals surface area contributed by atoms with E-state index in [0.717, 1.165) is 29.7 Å². The van der Waals surface area contributed by atoms with E-state index in [4.69, 9.17) is 0 Å². The zero-order chi connectivity index (χ0) is 20.1. The fraction of sp³-hybridized carbons (Fsp3) is 0.364. The molecule has 28 heavy (non-hydrogen) atoms. The van der Waals surface area contributed by atoms with Crippen LogP contribution in [0.5, 0.6) is 0 Å². The summed E-state index contributed by atoms with van der Waals surface area (Å²) in [5, 5.41) is 15.4. The van der Waals surface area contributed by atoms with Gasteiger partial charge in [0, 0.05) is 28.1 Å². The highest BCUT2D eigenvalue weighted by Crippen LogP contribution is 2.39. The Morgan fingerprint density at radius 2 is 1.89 bits per heavy atom. The van der Waals surface area contributed by atoms with Gasteiger partial charge in [0.15, 0.2) is 0 Å². The van der Waals surface area contributed by atoms with Crippen LogP contribution in [0.25, 0.3) is 0 Å². The molecule has 0 aliphatic heterocycles. The Balaban J connectivity index is 1.72. The first kappa shape index (κ1) is 20.4. The lowest BCUT2D eigenvalue weighted by Gasteiger charge is -2.40. The number of amides is 2. The molecule has 1 aliphatic rings. The number of hydrogen-bond donors (Lipinski definition) is 3. The summed E-state index contributed by atoms with van der Waals surface area (Å²) in [4.78, 5) is 26.2. The van der Waals surface area contributed by atoms with E-state index in [0.29, 0.717) is 23.4 Å². The summed E-state index contributed by atoms with van der Waals surface area (Å²) in [5.41, 5.74) is 2.44. The molecule has 0 heterocycles. The number of benzene rings is 2. The third-order valence-corrected chi connectivity index (χ3v) is 6.27. The molecule has 3 rings (SSSR count). The molecule has 5 nitrogen and oxygen atoms in total. The minimum absolute atomic E-state index is 0.0946. The van der Waals surface area contributed by atoms with Gasteiger partial charge in [-0.25, -0.2) is 0 Å². The molecule has 0 unspecified atom stereocenters. The standard InChI is InChI=1S/C22H26N2O3S/c1-15-8-9-16(20(26)23-13-22(14-25)10-5-11-22)12-18(15)24-21(27)17-6-3-4-7-19(17)28-2/h3-4,6-9,12,25H,5,10-11,13-14H2,1-2H3,(H,23,26)(H,24,27). The Morgan fingerprint density at radius 3 is 2.54 bits per heavy atom. The van der Waals surface area contributed by atoms with Crippen molar-refractivity contribution < 1.29 is 14.7 Å². The Labute approximate surface area is 169 Å². The van der Waals surface area contributed by atoms with E-state index in [1.807, 2.05) is 37.4 Å². The quantitative estimate of drug-likeness (QED) is 0.619. The fourth-order valence-electron chi connectivity index (χ4n) is 3.36. The number of nitrogens with one attached hydrogen (secondary N) is 2. The van der Waals surface area contributed by atoms with Gasteiger partial charge in [-0.05, 0) is 55.9 Å². The molecule has 2 aromatic rings. The molecule has 0 saturated heterocycles. The number of carbonyl (C=O) groups is 2. The van der Waals surface area contributed by atoms with E-state index < -0.39 is 0 Å². The number of hydrogen-bond acceptors (Lipinski definition) is 4. The van der Waals surface area contributed by atoms with E-state index in [2.05, 4.69) is 10.6 Å². The highest BCUT2D eigenvalue weighted by molar-refractivity contribution is 7.98. The van der Waals surface area contributed by atoms with Crippen LogP contribution in [-0.2, 0) is 0 Å². The number of aliphatic hydroxyl groups excluding tert-OH is 1. The Hall–Kier alpha value is -2.31. The smallest absolute Gasteiger partial charge is 0.256 e. The fourth-order valence-corrected chi connectivity index (χ4v) is 3.95. The van der Waals surface area contributed by atoms with Crippen molar-refractivity contribution in [2.45, 2.75) is 31.1 Å². The highest BCUT2D eigenvalue weighted by Gasteiger charge is 2.36. The predicted molar refractivity (Wildman–Crippen MR) is 113 cm³/mol. The Kier molecular flexibility index (Phi) is 6.42. The van der Waals surface area contributed by atoms with Gasteiger partial charge in [-0.3, -0.25) is 9.59 Å². The molecule has 3 N–H and O–H groups in total. The Morgan fingerprint density at radius 1 is 1.14 bits per heavy atom. The number of aryl methyl sites for hydroxylation is 1. The minimum atomic E-state index is -0.195. The number of carbonyl (C=O) groups excluding carboxylic acids is 2. The zero-order valence-corrected chi connectivity index (χ0v) is 17.1. The third-order valence-electron chi connectivity index (χ3n) is 5.47. The second-order valence-corrected chi connectivity index (χ2v) is 8.23. The highest BCUT2D eigenvalue weighted by atomic mass is 32.2. The van der Waals surface area contributed by atoms with Gasteiger partial charge < -0.3 is 15.7 Å². The molecule has 148 valence electrons. The van der Waals surface area contributed by atoms with Crippen molar-refractivity contribution in [3.05, 3.63) is 59.2 Å². The number of thioether (sulfide) groups is 1. The zero-order valence-electron chi connectivity index (χ0n) is 16.2. The molecule has 2 aromatic carbocycles. The first-order valence-electron chi connectivity index (χ1n) is 9.42. The largest absolute Gasteiger partial charge is 0.396 e. The van der Waals surface area contributed by atoms with Crippen molar-refractivity contribution in [1.29, 1.82) is 0 Å². The molecular formula is C22H26N2O3S. The molecule has 0 spiro atoms. The number of rotatable bonds is 7. The van der Waals surface area contributed by atoms with Crippen LogP contribution >= 0.6 is 11.8 Å². The average Bonchev–Trinajstić information content (AvgIpc) is 2.68. The van der Waals surface area contributed by atoms with Crippen LogP contribution in [0.2, 0.25) is 0 Å². The van der Waals surface area contributed by atoms with Crippen LogP contribution < -0.4 is 10.6 Å². The van der Waals surface area contributed by atoms with Crippen molar-refractivity contribution in [3.8, 4) is 0 Å². The lowest BCUT2D eigenvalue weighted by molar-refractivity contribution is 0.0429. The molecule has 0 aromatic heterocycles. The van der Waals surface area contributed by atoms with Crippen LogP contribution in [0.3, 0.4) is 0 Å². The summed E-state index contributed by atoms with van der Waals surface area (Å²) >= 11 is 1.52. The molecule has 1 aliphatic carbocycles. The maximum atomic E-state index is 12.7. The first-order valence-corrected chi connectivity index (χ1v) is 10.6. The molecule has 6 heteroatoms. The minimum Gasteiger partial charge on any atom is -0.396 e. The summed E-state index contributed by atoms with van der Waals surface area (Å²) < 4.78 is 0. The molecule has 1 saturated carbocycles. The maximum absolute atomic E-state index is 12.7. The topological polar surface area (TPSA) is 78.4 Å². The summed E-state index contributed by atoms with van der Waals surface area (Å²) in [5.74, 6) is -0.390. The second kappa shape index (κ2) is 8.80. The van der Waals surface area contributed by atoms with E-state index in [-0.39, 0.29) is 23.8 Å². The Bertz CT molecular complexity index is 872. The molecule has 0 bridgehead atoms. The van der Waals surface area contributed by atoms with Gasteiger partial charge in [-0.2, -0.15) is 0 Å². The van der Waals surface area contributed by atoms with Crippen molar-refractivity contribution in [2.24, 2.45) is 5.41 Å². The monoisotopic (exact) mass is 398 g/mol. The van der Waals surface area contributed by atoms with Crippen LogP contribution in [0, 0.1) is 12.3 Å². The summed E-state index contributed by atoms with van der Waals surface area (Å²) in [6.07, 6.45) is 4.90.